The summed E-state index contributed by atoms with van der Waals surface area (Å²) >= 11 is 0. The zero-order chi connectivity index (χ0) is 9.26. The summed E-state index contributed by atoms with van der Waals surface area (Å²) in [7, 11) is -1.22. The highest BCUT2D eigenvalue weighted by atomic mass is 32.2. The Hall–Kier alpha value is -0.380. The van der Waals surface area contributed by atoms with Gasteiger partial charge in [-0.2, -0.15) is 0 Å². The minimum Gasteiger partial charge on any atom is -0.332 e. The van der Waals surface area contributed by atoms with Crippen molar-refractivity contribution in [2.45, 2.75) is 37.4 Å². The Labute approximate surface area is 80.9 Å². The van der Waals surface area contributed by atoms with Crippen molar-refractivity contribution in [3.8, 4) is 0 Å². The molecule has 13 heavy (non-hydrogen) atoms. The number of hydrogen-bond acceptors (Lipinski definition) is 2. The largest absolute Gasteiger partial charge is 0.332 e. The third kappa shape index (κ3) is 2.10. The van der Waals surface area contributed by atoms with Crippen LogP contribution >= 0.6 is 0 Å². The van der Waals surface area contributed by atoms with Gasteiger partial charge in [-0.1, -0.05) is 0 Å². The fourth-order valence-corrected chi connectivity index (χ4v) is 2.91. The molecule has 0 spiro atoms. The van der Waals surface area contributed by atoms with Gasteiger partial charge < -0.3 is 4.90 Å². The number of rotatable bonds is 1. The van der Waals surface area contributed by atoms with E-state index in [4.69, 9.17) is 0 Å². The van der Waals surface area contributed by atoms with Crippen LogP contribution in [0.4, 0.5) is 4.79 Å². The van der Waals surface area contributed by atoms with E-state index in [1.165, 1.54) is 6.42 Å². The highest BCUT2D eigenvalue weighted by Gasteiger charge is 2.35. The number of carbonyl (C=O) groups excluding carboxylic acids is 1. The predicted octanol–water partition coefficient (Wildman–Crippen LogP) is 1.50. The Morgan fingerprint density at radius 3 is 2.31 bits per heavy atom. The van der Waals surface area contributed by atoms with Crippen molar-refractivity contribution in [1.82, 2.24) is 4.90 Å². The van der Waals surface area contributed by atoms with Gasteiger partial charge in [0, 0.05) is 18.3 Å². The number of carbonyl (C=O) groups is 1. The van der Waals surface area contributed by atoms with Gasteiger partial charge in [-0.25, -0.2) is 4.21 Å². The van der Waals surface area contributed by atoms with E-state index in [-0.39, 0.29) is 10.5 Å². The Balaban J connectivity index is 1.90. The van der Waals surface area contributed by atoms with E-state index in [0.717, 1.165) is 38.8 Å². The van der Waals surface area contributed by atoms with Crippen LogP contribution in [-0.4, -0.2) is 32.7 Å². The minimum atomic E-state index is -1.22. The fourth-order valence-electron chi connectivity index (χ4n) is 1.63. The van der Waals surface area contributed by atoms with Crippen molar-refractivity contribution in [3.63, 3.8) is 0 Å². The molecule has 1 unspecified atom stereocenters. The maximum atomic E-state index is 11.6. The van der Waals surface area contributed by atoms with Crippen LogP contribution < -0.4 is 0 Å². The number of nitrogens with zero attached hydrogens (tertiary/aromatic N) is 1. The first kappa shape index (κ1) is 9.19. The van der Waals surface area contributed by atoms with E-state index in [1.54, 1.807) is 4.90 Å². The van der Waals surface area contributed by atoms with Gasteiger partial charge in [-0.3, -0.25) is 4.79 Å². The standard InChI is InChI=1S/C9H15NO2S/c11-9(13(12)8-4-5-8)10-6-2-1-3-7-10/h8H,1-7H2. The molecule has 0 bridgehead atoms. The van der Waals surface area contributed by atoms with Crippen LogP contribution in [0.2, 0.25) is 0 Å². The van der Waals surface area contributed by atoms with E-state index < -0.39 is 10.8 Å². The first-order valence-corrected chi connectivity index (χ1v) is 6.20. The van der Waals surface area contributed by atoms with E-state index in [2.05, 4.69) is 0 Å². The Morgan fingerprint density at radius 1 is 1.15 bits per heavy atom. The molecule has 1 amide bonds. The fraction of sp³-hybridized carbons (Fsp3) is 0.889. The summed E-state index contributed by atoms with van der Waals surface area (Å²) in [4.78, 5) is 13.4. The van der Waals surface area contributed by atoms with Crippen molar-refractivity contribution < 1.29 is 9.00 Å². The summed E-state index contributed by atoms with van der Waals surface area (Å²) in [6, 6.07) is 0. The molecular weight excluding hydrogens is 186 g/mol. The average Bonchev–Trinajstić information content (AvgIpc) is 3.00. The van der Waals surface area contributed by atoms with Crippen molar-refractivity contribution in [2.24, 2.45) is 0 Å². The maximum Gasteiger partial charge on any atom is 0.312 e. The molecule has 0 aromatic rings. The molecule has 0 aromatic carbocycles. The van der Waals surface area contributed by atoms with Gasteiger partial charge in [0.1, 0.15) is 10.8 Å². The second-order valence-electron chi connectivity index (χ2n) is 3.81. The van der Waals surface area contributed by atoms with Crippen molar-refractivity contribution in [1.29, 1.82) is 0 Å². The summed E-state index contributed by atoms with van der Waals surface area (Å²) in [5.41, 5.74) is 0. The zero-order valence-corrected chi connectivity index (χ0v) is 8.52. The molecule has 2 aliphatic rings. The molecule has 1 saturated heterocycles. The van der Waals surface area contributed by atoms with Crippen LogP contribution in [0.5, 0.6) is 0 Å². The molecular formula is C9H15NO2S. The average molecular weight is 201 g/mol. The van der Waals surface area contributed by atoms with Crippen LogP contribution in [0, 0.1) is 0 Å². The topological polar surface area (TPSA) is 37.4 Å². The van der Waals surface area contributed by atoms with Crippen molar-refractivity contribution in [2.75, 3.05) is 13.1 Å². The normalized spacial score (nSPS) is 25.7. The van der Waals surface area contributed by atoms with Gasteiger partial charge in [-0.15, -0.1) is 0 Å². The lowest BCUT2D eigenvalue weighted by atomic mass is 10.1. The summed E-state index contributed by atoms with van der Waals surface area (Å²) in [6.45, 7) is 1.63. The van der Waals surface area contributed by atoms with Crippen LogP contribution in [-0.2, 0) is 10.8 Å². The maximum absolute atomic E-state index is 11.6. The molecule has 1 atom stereocenters. The first-order valence-electron chi connectivity index (χ1n) is 4.98. The SMILES string of the molecule is O=C(N1CCCCC1)S(=O)C1CC1. The first-order chi connectivity index (χ1) is 6.29. The molecule has 3 nitrogen and oxygen atoms in total. The summed E-state index contributed by atoms with van der Waals surface area (Å²) in [6.07, 6.45) is 5.32. The lowest BCUT2D eigenvalue weighted by molar-refractivity contribution is 0.210. The molecule has 4 heteroatoms. The third-order valence-corrected chi connectivity index (χ3v) is 4.29. The van der Waals surface area contributed by atoms with Crippen molar-refractivity contribution >= 4 is 16.0 Å². The molecule has 2 fully saturated rings. The third-order valence-electron chi connectivity index (χ3n) is 2.61. The number of piperidine rings is 1. The van der Waals surface area contributed by atoms with Gasteiger partial charge in [-0.05, 0) is 32.1 Å². The Kier molecular flexibility index (Phi) is 2.67. The zero-order valence-electron chi connectivity index (χ0n) is 7.70. The Morgan fingerprint density at radius 2 is 1.77 bits per heavy atom. The van der Waals surface area contributed by atoms with Crippen LogP contribution in [0.15, 0.2) is 0 Å². The van der Waals surface area contributed by atoms with Gasteiger partial charge in [0.05, 0.1) is 0 Å². The molecule has 2 rings (SSSR count). The Bertz CT molecular complexity index is 232. The number of hydrogen-bond donors (Lipinski definition) is 0. The number of likely N-dealkylation sites (tertiary alicyclic amines) is 1. The molecule has 1 saturated carbocycles. The highest BCUT2D eigenvalue weighted by molar-refractivity contribution is 8.00. The highest BCUT2D eigenvalue weighted by Crippen LogP contribution is 2.28. The van der Waals surface area contributed by atoms with E-state index in [1.807, 2.05) is 0 Å². The van der Waals surface area contributed by atoms with E-state index in [9.17, 15) is 9.00 Å². The van der Waals surface area contributed by atoms with Gasteiger partial charge in [0.2, 0.25) is 0 Å². The predicted molar refractivity (Wildman–Crippen MR) is 52.0 cm³/mol. The quantitative estimate of drug-likeness (QED) is 0.644. The monoisotopic (exact) mass is 201 g/mol. The molecule has 1 aliphatic carbocycles. The molecule has 1 heterocycles. The molecule has 0 N–H and O–H groups in total. The van der Waals surface area contributed by atoms with Gasteiger partial charge in [0.15, 0.2) is 0 Å². The summed E-state index contributed by atoms with van der Waals surface area (Å²) in [5, 5.41) is 0.0802. The lowest BCUT2D eigenvalue weighted by Gasteiger charge is -2.25. The van der Waals surface area contributed by atoms with Gasteiger partial charge >= 0.3 is 5.24 Å². The van der Waals surface area contributed by atoms with E-state index >= 15 is 0 Å². The number of amides is 1. The molecule has 0 radical (unpaired) electrons. The van der Waals surface area contributed by atoms with Gasteiger partial charge in [0.25, 0.3) is 0 Å². The smallest absolute Gasteiger partial charge is 0.312 e. The summed E-state index contributed by atoms with van der Waals surface area (Å²) in [5.74, 6) is 0. The lowest BCUT2D eigenvalue weighted by Crippen LogP contribution is -2.37. The molecule has 1 aliphatic heterocycles. The summed E-state index contributed by atoms with van der Waals surface area (Å²) < 4.78 is 11.5. The molecule has 0 aromatic heterocycles. The minimum absolute atomic E-state index is 0.109. The molecule has 74 valence electrons. The second kappa shape index (κ2) is 3.78. The van der Waals surface area contributed by atoms with E-state index in [0.29, 0.717) is 0 Å². The van der Waals surface area contributed by atoms with Crippen LogP contribution in [0.3, 0.4) is 0 Å². The van der Waals surface area contributed by atoms with Crippen LogP contribution in [0.25, 0.3) is 0 Å². The van der Waals surface area contributed by atoms with Crippen LogP contribution in [0.1, 0.15) is 32.1 Å². The van der Waals surface area contributed by atoms with Crippen molar-refractivity contribution in [3.05, 3.63) is 0 Å². The second-order valence-corrected chi connectivity index (χ2v) is 5.42.